The molecule has 1 heterocycles. The van der Waals surface area contributed by atoms with Crippen LogP contribution in [0.4, 0.5) is 0 Å². The topological polar surface area (TPSA) is 55.8 Å². The molecule has 28 heavy (non-hydrogen) atoms. The minimum absolute atomic E-state index is 0.316. The summed E-state index contributed by atoms with van der Waals surface area (Å²) in [6.45, 7) is 13.6. The lowest BCUT2D eigenvalue weighted by Gasteiger charge is -2.55. The molecule has 3 aliphatic rings. The fourth-order valence-corrected chi connectivity index (χ4v) is 6.45. The van der Waals surface area contributed by atoms with E-state index in [4.69, 9.17) is 9.78 Å². The molecular weight excluding hydrogens is 352 g/mol. The second-order valence-corrected chi connectivity index (χ2v) is 10.9. The lowest BCUT2D eigenvalue weighted by molar-refractivity contribution is -0.411. The van der Waals surface area contributed by atoms with E-state index in [0.717, 1.165) is 31.6 Å². The molecule has 1 aliphatic heterocycles. The molecule has 0 aromatic carbocycles. The molecule has 0 spiro atoms. The Kier molecular flexibility index (Phi) is 6.05. The van der Waals surface area contributed by atoms with Gasteiger partial charge in [-0.1, -0.05) is 38.3 Å². The average molecular weight is 393 g/mol. The van der Waals surface area contributed by atoms with Gasteiger partial charge in [-0.05, 0) is 88.9 Å². The van der Waals surface area contributed by atoms with Crippen molar-refractivity contribution in [2.24, 2.45) is 22.7 Å². The third-order valence-electron chi connectivity index (χ3n) is 8.42. The van der Waals surface area contributed by atoms with Crippen LogP contribution < -0.4 is 0 Å². The Morgan fingerprint density at radius 3 is 2.50 bits per heavy atom. The highest BCUT2D eigenvalue weighted by Crippen LogP contribution is 2.60. The Labute approximate surface area is 171 Å². The van der Waals surface area contributed by atoms with E-state index in [-0.39, 0.29) is 11.7 Å². The first-order valence-corrected chi connectivity index (χ1v) is 11.2. The van der Waals surface area contributed by atoms with Crippen LogP contribution in [0.15, 0.2) is 11.1 Å². The van der Waals surface area contributed by atoms with E-state index in [1.807, 2.05) is 0 Å². The molecule has 5 atom stereocenters. The Bertz CT molecular complexity index is 627. The van der Waals surface area contributed by atoms with Gasteiger partial charge < -0.3 is 5.11 Å². The molecule has 3 rings (SSSR count). The summed E-state index contributed by atoms with van der Waals surface area (Å²) in [5.74, 6) is -0.583. The quantitative estimate of drug-likeness (QED) is 0.440. The van der Waals surface area contributed by atoms with Crippen LogP contribution in [-0.2, 0) is 14.6 Å². The molecular formula is C24H40O4. The van der Waals surface area contributed by atoms with Crippen LogP contribution in [0.2, 0.25) is 0 Å². The third-order valence-corrected chi connectivity index (χ3v) is 8.42. The van der Waals surface area contributed by atoms with Crippen LogP contribution in [0.25, 0.3) is 0 Å². The van der Waals surface area contributed by atoms with Crippen molar-refractivity contribution in [1.82, 2.24) is 0 Å². The van der Waals surface area contributed by atoms with Crippen molar-refractivity contribution < 1.29 is 19.7 Å². The van der Waals surface area contributed by atoms with Crippen molar-refractivity contribution in [1.29, 1.82) is 0 Å². The number of rotatable bonds is 5. The maximum Gasteiger partial charge on any atom is 0.308 e. The first kappa shape index (κ1) is 21.8. The summed E-state index contributed by atoms with van der Waals surface area (Å²) in [7, 11) is 0. The Morgan fingerprint density at radius 2 is 1.89 bits per heavy atom. The third kappa shape index (κ3) is 4.05. The largest absolute Gasteiger partial charge is 0.481 e. The molecule has 1 saturated carbocycles. The van der Waals surface area contributed by atoms with E-state index >= 15 is 0 Å². The van der Waals surface area contributed by atoms with E-state index in [0.29, 0.717) is 10.8 Å². The Hall–Kier alpha value is -0.870. The lowest BCUT2D eigenvalue weighted by Crippen LogP contribution is -2.46. The summed E-state index contributed by atoms with van der Waals surface area (Å²) in [4.78, 5) is 22.6. The number of hydrogen-bond donors (Lipinski definition) is 1. The fourth-order valence-electron chi connectivity index (χ4n) is 6.45. The van der Waals surface area contributed by atoms with Gasteiger partial charge in [0.25, 0.3) is 0 Å². The molecule has 1 saturated heterocycles. The number of carbonyl (C=O) groups is 1. The van der Waals surface area contributed by atoms with E-state index in [1.165, 1.54) is 32.1 Å². The molecule has 2 aliphatic carbocycles. The zero-order valence-corrected chi connectivity index (χ0v) is 18.8. The summed E-state index contributed by atoms with van der Waals surface area (Å²) in [6.07, 6.45) is 9.78. The van der Waals surface area contributed by atoms with Crippen LogP contribution in [0.1, 0.15) is 99.3 Å². The van der Waals surface area contributed by atoms with E-state index in [2.05, 4.69) is 34.6 Å². The molecule has 0 aromatic heterocycles. The van der Waals surface area contributed by atoms with Crippen molar-refractivity contribution in [2.45, 2.75) is 111 Å². The summed E-state index contributed by atoms with van der Waals surface area (Å²) >= 11 is 0. The van der Waals surface area contributed by atoms with Crippen molar-refractivity contribution in [3.8, 4) is 0 Å². The van der Waals surface area contributed by atoms with Gasteiger partial charge in [-0.15, -0.1) is 0 Å². The maximum atomic E-state index is 11.2. The molecule has 4 heteroatoms. The zero-order chi connectivity index (χ0) is 20.7. The molecule has 0 aromatic rings. The van der Waals surface area contributed by atoms with Gasteiger partial charge in [-0.3, -0.25) is 4.79 Å². The fraction of sp³-hybridized carbons (Fsp3) is 0.875. The Morgan fingerprint density at radius 1 is 1.18 bits per heavy atom. The number of allylic oxidation sites excluding steroid dienone is 2. The molecule has 0 unspecified atom stereocenters. The summed E-state index contributed by atoms with van der Waals surface area (Å²) < 4.78 is 0. The second-order valence-electron chi connectivity index (χ2n) is 10.9. The van der Waals surface area contributed by atoms with Crippen molar-refractivity contribution in [3.05, 3.63) is 11.1 Å². The highest BCUT2D eigenvalue weighted by atomic mass is 17.2. The normalized spacial score (nSPS) is 39.4. The number of carboxylic acid groups (broad SMARTS) is 1. The van der Waals surface area contributed by atoms with Crippen molar-refractivity contribution in [2.75, 3.05) is 0 Å². The van der Waals surface area contributed by atoms with Crippen LogP contribution in [0.5, 0.6) is 0 Å². The summed E-state index contributed by atoms with van der Waals surface area (Å²) in [5.41, 5.74) is 3.68. The molecule has 4 nitrogen and oxygen atoms in total. The van der Waals surface area contributed by atoms with Gasteiger partial charge in [0.05, 0.1) is 5.92 Å². The second kappa shape index (κ2) is 7.75. The van der Waals surface area contributed by atoms with Crippen LogP contribution >= 0.6 is 0 Å². The molecule has 0 radical (unpaired) electrons. The highest BCUT2D eigenvalue weighted by molar-refractivity contribution is 5.70. The smallest absolute Gasteiger partial charge is 0.308 e. The van der Waals surface area contributed by atoms with Crippen LogP contribution in [-0.4, -0.2) is 22.8 Å². The summed E-state index contributed by atoms with van der Waals surface area (Å²) in [5, 5.41) is 9.21. The van der Waals surface area contributed by atoms with E-state index < -0.39 is 11.9 Å². The molecule has 1 N–H and O–H groups in total. The van der Waals surface area contributed by atoms with E-state index in [9.17, 15) is 9.90 Å². The van der Waals surface area contributed by atoms with Gasteiger partial charge in [-0.2, -0.15) is 0 Å². The summed E-state index contributed by atoms with van der Waals surface area (Å²) in [6, 6.07) is 0. The molecule has 0 amide bonds. The molecule has 2 fully saturated rings. The van der Waals surface area contributed by atoms with Gasteiger partial charge in [0.15, 0.2) is 0 Å². The van der Waals surface area contributed by atoms with Crippen LogP contribution in [0, 0.1) is 22.7 Å². The Balaban J connectivity index is 1.67. The van der Waals surface area contributed by atoms with Gasteiger partial charge in [0.2, 0.25) is 0 Å². The number of aliphatic carboxylic acids is 1. The molecule has 0 bridgehead atoms. The highest BCUT2D eigenvalue weighted by Gasteiger charge is 2.50. The minimum Gasteiger partial charge on any atom is -0.481 e. The predicted molar refractivity (Wildman–Crippen MR) is 111 cm³/mol. The van der Waals surface area contributed by atoms with Gasteiger partial charge >= 0.3 is 5.97 Å². The van der Waals surface area contributed by atoms with Gasteiger partial charge in [0, 0.05) is 0 Å². The van der Waals surface area contributed by atoms with Crippen molar-refractivity contribution in [3.63, 3.8) is 0 Å². The maximum absolute atomic E-state index is 11.2. The zero-order valence-electron chi connectivity index (χ0n) is 18.8. The monoisotopic (exact) mass is 392 g/mol. The number of hydrogen-bond acceptors (Lipinski definition) is 3. The minimum atomic E-state index is -0.820. The first-order valence-electron chi connectivity index (χ1n) is 11.2. The SMILES string of the molecule is CC1=C(CC[C@@]2(C)CC[C@@H]([C@H](C)C(=O)O)OO2)[C@@]2(C)CCCC(C)(C)[C@@H]2CC1. The lowest BCUT2D eigenvalue weighted by atomic mass is 9.50. The van der Waals surface area contributed by atoms with E-state index in [1.54, 1.807) is 18.1 Å². The standard InChI is InChI=1S/C24H40O4/c1-16-8-9-20-22(3,4)12-7-13-24(20,6)18(16)10-14-23(5)15-11-19(27-28-23)17(2)21(25)26/h17,19-20H,7-15H2,1-6H3,(H,25,26)/t17-,19-,20-,23-,24+/m0/s1. The van der Waals surface area contributed by atoms with Gasteiger partial charge in [-0.25, -0.2) is 9.78 Å². The predicted octanol–water partition coefficient (Wildman–Crippen LogP) is 6.30. The van der Waals surface area contributed by atoms with Crippen LogP contribution in [0.3, 0.4) is 0 Å². The average Bonchev–Trinajstić information content (AvgIpc) is 2.60. The van der Waals surface area contributed by atoms with Crippen molar-refractivity contribution >= 4 is 5.97 Å². The number of fused-ring (bicyclic) bond motifs is 1. The molecule has 160 valence electrons. The van der Waals surface area contributed by atoms with Gasteiger partial charge in [0.1, 0.15) is 11.7 Å². The number of carboxylic acids is 1. The first-order chi connectivity index (χ1) is 13.0.